The lowest BCUT2D eigenvalue weighted by atomic mass is 10.0. The molecule has 0 aromatic carbocycles. The minimum Gasteiger partial charge on any atom is -0.478 e. The van der Waals surface area contributed by atoms with E-state index in [0.717, 1.165) is 16.5 Å². The number of nitrogen functional groups attached to an aromatic ring is 1. The van der Waals surface area contributed by atoms with Gasteiger partial charge in [-0.3, -0.25) is 14.5 Å². The van der Waals surface area contributed by atoms with Crippen LogP contribution in [-0.2, 0) is 30.6 Å². The van der Waals surface area contributed by atoms with Gasteiger partial charge in [0, 0.05) is 17.4 Å². The first-order valence-corrected chi connectivity index (χ1v) is 12.8. The van der Waals surface area contributed by atoms with Gasteiger partial charge in [-0.25, -0.2) is 14.2 Å². The number of hydrogen-bond donors (Lipinski definition) is 4. The molecular formula is C24H23N6O9S+. The summed E-state index contributed by atoms with van der Waals surface area (Å²) in [5, 5.41) is 25.6. The summed E-state index contributed by atoms with van der Waals surface area (Å²) in [6, 6.07) is 2.17. The van der Waals surface area contributed by atoms with Crippen molar-refractivity contribution in [1.29, 1.82) is 0 Å². The zero-order chi connectivity index (χ0) is 28.8. The molecule has 1 unspecified atom stereocenters. The van der Waals surface area contributed by atoms with Gasteiger partial charge in [0.05, 0.1) is 11.6 Å². The average Bonchev–Trinajstić information content (AvgIpc) is 3.55. The van der Waals surface area contributed by atoms with Gasteiger partial charge in [0.15, 0.2) is 24.7 Å². The number of aliphatic carboxylic acids is 2. The van der Waals surface area contributed by atoms with Crippen LogP contribution in [0.2, 0.25) is 0 Å². The van der Waals surface area contributed by atoms with Crippen LogP contribution < -0.4 is 15.6 Å². The van der Waals surface area contributed by atoms with Crippen LogP contribution in [0.1, 0.15) is 19.5 Å². The molecule has 0 aliphatic carbocycles. The Balaban J connectivity index is 1.36. The first-order valence-electron chi connectivity index (χ1n) is 11.7. The van der Waals surface area contributed by atoms with Gasteiger partial charge in [0.25, 0.3) is 17.8 Å². The number of nitrogens with one attached hydrogen (secondary N) is 1. The third-order valence-electron chi connectivity index (χ3n) is 6.22. The lowest BCUT2D eigenvalue weighted by Crippen LogP contribution is -2.71. The number of carboxylic acids is 2. The molecule has 5 N–H and O–H groups in total. The number of oxime groups is 1. The fraction of sp³-hybridized carbons (Fsp3) is 0.292. The van der Waals surface area contributed by atoms with E-state index in [0.29, 0.717) is 11.2 Å². The summed E-state index contributed by atoms with van der Waals surface area (Å²) in [5.41, 5.74) is 4.12. The van der Waals surface area contributed by atoms with E-state index in [4.69, 9.17) is 19.4 Å². The second-order valence-corrected chi connectivity index (χ2v) is 10.5. The molecule has 15 nitrogen and oxygen atoms in total. The number of furan rings is 1. The van der Waals surface area contributed by atoms with Crippen LogP contribution in [0.15, 0.2) is 62.3 Å². The highest BCUT2D eigenvalue weighted by molar-refractivity contribution is 8.00. The highest BCUT2D eigenvalue weighted by Gasteiger charge is 2.55. The largest absolute Gasteiger partial charge is 0.478 e. The number of thioether (sulfide) groups is 1. The number of anilines is 1. The van der Waals surface area contributed by atoms with Gasteiger partial charge in [-0.2, -0.15) is 4.98 Å². The molecule has 2 atom stereocenters. The van der Waals surface area contributed by atoms with Crippen LogP contribution in [0.25, 0.3) is 11.0 Å². The van der Waals surface area contributed by atoms with Gasteiger partial charge < -0.3 is 34.9 Å². The minimum absolute atomic E-state index is 0.149. The van der Waals surface area contributed by atoms with Crippen molar-refractivity contribution < 1.29 is 47.6 Å². The Kier molecular flexibility index (Phi) is 6.70. The number of oxazole rings is 1. The van der Waals surface area contributed by atoms with Crippen LogP contribution in [-0.4, -0.2) is 72.3 Å². The standard InChI is InChI=1S/C24H22N6O9S/c1-24(2,22(35)36)39-28-15(13-9-38-23(25)26-13)18(31)27-16-19(32)30-17(21(33)34)12(10-40-20(16)30)8-29-5-3-14-11(7-29)4-6-37-14/h3-7,9,16,20H,8,10H2,1-2H3,(H4-,25,26,27,31,33,34,35,36)/p+1/t16?,20-/m1/s1. The van der Waals surface area contributed by atoms with Gasteiger partial charge in [0.2, 0.25) is 5.60 Å². The number of aromatic nitrogens is 2. The van der Waals surface area contributed by atoms with Crippen molar-refractivity contribution in [3.05, 3.63) is 54.0 Å². The molecule has 0 bridgehead atoms. The quantitative estimate of drug-likeness (QED) is 0.118. The van der Waals surface area contributed by atoms with Gasteiger partial charge in [-0.15, -0.1) is 11.8 Å². The van der Waals surface area contributed by atoms with Crippen molar-refractivity contribution in [2.24, 2.45) is 5.16 Å². The van der Waals surface area contributed by atoms with E-state index in [1.165, 1.54) is 25.6 Å². The average molecular weight is 572 g/mol. The van der Waals surface area contributed by atoms with Gasteiger partial charge in [-0.1, -0.05) is 5.16 Å². The summed E-state index contributed by atoms with van der Waals surface area (Å²) in [4.78, 5) is 59.9. The van der Waals surface area contributed by atoms with E-state index in [1.54, 1.807) is 29.2 Å². The van der Waals surface area contributed by atoms with Crippen molar-refractivity contribution in [3.63, 3.8) is 0 Å². The first kappa shape index (κ1) is 26.7. The van der Waals surface area contributed by atoms with Crippen LogP contribution >= 0.6 is 11.8 Å². The molecule has 0 spiro atoms. The van der Waals surface area contributed by atoms with Crippen LogP contribution in [0, 0.1) is 0 Å². The van der Waals surface area contributed by atoms with E-state index in [9.17, 15) is 29.4 Å². The number of carbonyl (C=O) groups excluding carboxylic acids is 2. The van der Waals surface area contributed by atoms with E-state index < -0.39 is 46.5 Å². The number of carboxylic acid groups (broad SMARTS) is 2. The molecule has 0 radical (unpaired) electrons. The molecule has 208 valence electrons. The Morgan fingerprint density at radius 1 is 1.32 bits per heavy atom. The first-order chi connectivity index (χ1) is 19.0. The van der Waals surface area contributed by atoms with Crippen molar-refractivity contribution in [2.75, 3.05) is 11.5 Å². The van der Waals surface area contributed by atoms with Gasteiger partial charge in [-0.05, 0) is 19.9 Å². The molecule has 1 saturated heterocycles. The number of nitrogens with zero attached hydrogens (tertiary/aromatic N) is 4. The number of nitrogens with two attached hydrogens (primary N) is 1. The van der Waals surface area contributed by atoms with Gasteiger partial charge in [0.1, 0.15) is 34.7 Å². The van der Waals surface area contributed by atoms with E-state index in [2.05, 4.69) is 15.5 Å². The maximum Gasteiger partial charge on any atom is 0.352 e. The Morgan fingerprint density at radius 3 is 2.77 bits per heavy atom. The Morgan fingerprint density at radius 2 is 2.10 bits per heavy atom. The predicted octanol–water partition coefficient (Wildman–Crippen LogP) is 0.313. The second-order valence-electron chi connectivity index (χ2n) is 9.39. The maximum absolute atomic E-state index is 13.2. The molecule has 0 saturated carbocycles. The fourth-order valence-corrected chi connectivity index (χ4v) is 5.43. The van der Waals surface area contributed by atoms with Crippen molar-refractivity contribution in [1.82, 2.24) is 15.2 Å². The second kappa shape index (κ2) is 10.0. The van der Waals surface area contributed by atoms with E-state index >= 15 is 0 Å². The molecule has 2 aliphatic rings. The zero-order valence-electron chi connectivity index (χ0n) is 21.1. The summed E-state index contributed by atoms with van der Waals surface area (Å²) in [6.45, 7) is 2.67. The Hall–Kier alpha value is -4.86. The lowest BCUT2D eigenvalue weighted by Gasteiger charge is -2.49. The van der Waals surface area contributed by atoms with Crippen molar-refractivity contribution in [3.8, 4) is 0 Å². The number of β-lactam (4-membered cyclic amide) rings is 1. The molecule has 2 amide bonds. The lowest BCUT2D eigenvalue weighted by molar-refractivity contribution is -0.687. The van der Waals surface area contributed by atoms with Crippen LogP contribution in [0.4, 0.5) is 6.01 Å². The number of pyridine rings is 1. The number of carbonyl (C=O) groups is 4. The zero-order valence-corrected chi connectivity index (χ0v) is 21.9. The van der Waals surface area contributed by atoms with Crippen molar-refractivity contribution >= 4 is 58.2 Å². The van der Waals surface area contributed by atoms with E-state index in [1.807, 2.05) is 6.20 Å². The predicted molar refractivity (Wildman–Crippen MR) is 136 cm³/mol. The summed E-state index contributed by atoms with van der Waals surface area (Å²) in [7, 11) is 0. The highest BCUT2D eigenvalue weighted by atomic mass is 32.2. The molecule has 2 aliphatic heterocycles. The van der Waals surface area contributed by atoms with Crippen LogP contribution in [0.3, 0.4) is 0 Å². The molecule has 3 aromatic heterocycles. The van der Waals surface area contributed by atoms with Gasteiger partial charge >= 0.3 is 11.9 Å². The number of amides is 2. The third kappa shape index (κ3) is 4.84. The number of rotatable bonds is 9. The Bertz CT molecular complexity index is 1610. The summed E-state index contributed by atoms with van der Waals surface area (Å²) in [6.07, 6.45) is 6.14. The maximum atomic E-state index is 13.2. The molecule has 3 aromatic rings. The smallest absolute Gasteiger partial charge is 0.352 e. The SMILES string of the molecule is CC(C)(ON=C(C(=O)NC1C(=O)N2C(C(=O)O)=C(C[n+]3ccc4occc4c3)CS[C@H]12)c1coc(N)n1)C(=O)O. The fourth-order valence-electron chi connectivity index (χ4n) is 4.09. The summed E-state index contributed by atoms with van der Waals surface area (Å²) in [5.74, 6) is -3.89. The van der Waals surface area contributed by atoms with Crippen molar-refractivity contribution in [2.45, 2.75) is 37.4 Å². The minimum atomic E-state index is -1.79. The molecule has 1 fully saturated rings. The highest BCUT2D eigenvalue weighted by Crippen LogP contribution is 2.40. The summed E-state index contributed by atoms with van der Waals surface area (Å²) < 4.78 is 12.1. The molecular weight excluding hydrogens is 548 g/mol. The topological polar surface area (TPSA) is 215 Å². The molecule has 5 rings (SSSR count). The normalized spacial score (nSPS) is 19.3. The molecule has 5 heterocycles. The monoisotopic (exact) mass is 571 g/mol. The summed E-state index contributed by atoms with van der Waals surface area (Å²) >= 11 is 1.29. The molecule has 40 heavy (non-hydrogen) atoms. The number of hydrogen-bond acceptors (Lipinski definition) is 11. The molecule has 16 heteroatoms. The van der Waals surface area contributed by atoms with Crippen LogP contribution in [0.5, 0.6) is 0 Å². The van der Waals surface area contributed by atoms with E-state index in [-0.39, 0.29) is 29.7 Å². The third-order valence-corrected chi connectivity index (χ3v) is 7.56. The number of fused-ring (bicyclic) bond motifs is 2. The Labute approximate surface area is 229 Å².